The van der Waals surface area contributed by atoms with Crippen LogP contribution in [0.3, 0.4) is 0 Å². The normalized spacial score (nSPS) is 11.4. The third-order valence-corrected chi connectivity index (χ3v) is 5.63. The Morgan fingerprint density at radius 2 is 1.68 bits per heavy atom. The highest BCUT2D eigenvalue weighted by atomic mass is 32.1. The van der Waals surface area contributed by atoms with Gasteiger partial charge in [0.15, 0.2) is 10.9 Å². The zero-order chi connectivity index (χ0) is 26.7. The molecule has 37 heavy (non-hydrogen) atoms. The lowest BCUT2D eigenvalue weighted by atomic mass is 9.94. The molecule has 0 amide bonds. The maximum absolute atomic E-state index is 12.4. The molecule has 0 unspecified atom stereocenters. The maximum Gasteiger partial charge on any atom is 0.573 e. The van der Waals surface area contributed by atoms with Gasteiger partial charge in [-0.25, -0.2) is 9.67 Å². The van der Waals surface area contributed by atoms with Crippen molar-refractivity contribution < 1.29 is 22.6 Å². The van der Waals surface area contributed by atoms with Gasteiger partial charge in [0, 0.05) is 22.9 Å². The molecule has 0 atom stereocenters. The van der Waals surface area contributed by atoms with Crippen molar-refractivity contribution in [2.24, 2.45) is 5.73 Å². The number of hydrogen-bond acceptors (Lipinski definition) is 5. The van der Waals surface area contributed by atoms with Crippen molar-refractivity contribution in [1.29, 1.82) is 0 Å². The van der Waals surface area contributed by atoms with Crippen LogP contribution in [0.15, 0.2) is 67.0 Å². The molecule has 0 radical (unpaired) electrons. The van der Waals surface area contributed by atoms with Gasteiger partial charge in [-0.1, -0.05) is 38.1 Å². The maximum atomic E-state index is 12.4. The van der Waals surface area contributed by atoms with Crippen molar-refractivity contribution in [3.8, 4) is 39.7 Å². The number of anilines is 1. The van der Waals surface area contributed by atoms with Gasteiger partial charge < -0.3 is 20.5 Å². The van der Waals surface area contributed by atoms with Gasteiger partial charge in [-0.15, -0.1) is 18.3 Å². The van der Waals surface area contributed by atoms with Crippen LogP contribution in [-0.4, -0.2) is 33.3 Å². The van der Waals surface area contributed by atoms with Crippen LogP contribution in [-0.2, 0) is 0 Å². The molecule has 0 aliphatic heterocycles. The van der Waals surface area contributed by atoms with Crippen molar-refractivity contribution in [2.45, 2.75) is 26.1 Å². The summed E-state index contributed by atoms with van der Waals surface area (Å²) in [5.74, 6) is 1.03. The van der Waals surface area contributed by atoms with Gasteiger partial charge in [-0.05, 0) is 59.6 Å². The first-order chi connectivity index (χ1) is 17.5. The van der Waals surface area contributed by atoms with Crippen LogP contribution in [0.25, 0.3) is 28.2 Å². The second-order valence-electron chi connectivity index (χ2n) is 8.42. The lowest BCUT2D eigenvalue weighted by Gasteiger charge is -2.19. The van der Waals surface area contributed by atoms with E-state index >= 15 is 0 Å². The number of methoxy groups -OCH3 is 1. The van der Waals surface area contributed by atoms with E-state index in [9.17, 15) is 13.2 Å². The Hall–Kier alpha value is -4.12. The molecular weight excluding hydrogens is 503 g/mol. The highest BCUT2D eigenvalue weighted by molar-refractivity contribution is 7.80. The van der Waals surface area contributed by atoms with E-state index in [1.165, 1.54) is 35.3 Å². The number of nitrogens with two attached hydrogens (primary N) is 1. The minimum Gasteiger partial charge on any atom is -0.496 e. The molecule has 1 heterocycles. The predicted octanol–water partition coefficient (Wildman–Crippen LogP) is 6.29. The van der Waals surface area contributed by atoms with Crippen molar-refractivity contribution >= 4 is 23.0 Å². The number of alkyl halides is 3. The molecule has 3 N–H and O–H groups in total. The van der Waals surface area contributed by atoms with Crippen LogP contribution in [0, 0.1) is 0 Å². The Morgan fingerprint density at radius 1 is 1.03 bits per heavy atom. The zero-order valence-corrected chi connectivity index (χ0v) is 21.0. The highest BCUT2D eigenvalue weighted by Crippen LogP contribution is 2.38. The lowest BCUT2D eigenvalue weighted by molar-refractivity contribution is -0.274. The summed E-state index contributed by atoms with van der Waals surface area (Å²) in [7, 11) is 1.60. The van der Waals surface area contributed by atoms with E-state index in [0.29, 0.717) is 17.3 Å². The number of thiocarbonyl (C=S) groups is 1. The molecule has 0 aliphatic carbocycles. The topological polar surface area (TPSA) is 87.2 Å². The van der Waals surface area contributed by atoms with E-state index in [0.717, 1.165) is 27.9 Å². The summed E-state index contributed by atoms with van der Waals surface area (Å²) in [4.78, 5) is 4.34. The standard InChI is InChI=1S/C26H24F3N5O2S/c1-15(2)20-12-21(23(35-3)13-22(20)32-25(30)37)16-4-6-17(7-5-16)24-31-14-34(33-24)18-8-10-19(11-9-18)36-26(27,28)29/h4-15H,1-3H3,(H3,30,32,37). The van der Waals surface area contributed by atoms with Crippen LogP contribution in [0.4, 0.5) is 18.9 Å². The first-order valence-electron chi connectivity index (χ1n) is 11.2. The Bertz CT molecular complexity index is 1400. The number of nitrogens with zero attached hydrogens (tertiary/aromatic N) is 3. The average Bonchev–Trinajstić information content (AvgIpc) is 3.33. The second-order valence-corrected chi connectivity index (χ2v) is 8.86. The molecule has 0 aliphatic rings. The van der Waals surface area contributed by atoms with Gasteiger partial charge in [0.05, 0.1) is 12.8 Å². The van der Waals surface area contributed by atoms with Gasteiger partial charge in [0.1, 0.15) is 17.8 Å². The summed E-state index contributed by atoms with van der Waals surface area (Å²) in [6.07, 6.45) is -3.25. The molecule has 7 nitrogen and oxygen atoms in total. The number of aromatic nitrogens is 3. The third kappa shape index (κ3) is 6.18. The van der Waals surface area contributed by atoms with Gasteiger partial charge in [-0.3, -0.25) is 0 Å². The molecule has 0 saturated heterocycles. The van der Waals surface area contributed by atoms with E-state index in [2.05, 4.69) is 40.1 Å². The molecule has 192 valence electrons. The van der Waals surface area contributed by atoms with Crippen LogP contribution >= 0.6 is 12.2 Å². The molecule has 1 aromatic heterocycles. The van der Waals surface area contributed by atoms with E-state index in [1.54, 1.807) is 7.11 Å². The summed E-state index contributed by atoms with van der Waals surface area (Å²) < 4.78 is 48.2. The monoisotopic (exact) mass is 527 g/mol. The van der Waals surface area contributed by atoms with Gasteiger partial charge in [0.2, 0.25) is 0 Å². The largest absolute Gasteiger partial charge is 0.573 e. The Morgan fingerprint density at radius 3 is 2.24 bits per heavy atom. The molecule has 4 rings (SSSR count). The lowest BCUT2D eigenvalue weighted by Crippen LogP contribution is -2.20. The molecule has 0 fully saturated rings. The molecule has 3 aromatic carbocycles. The number of nitrogens with one attached hydrogen (secondary N) is 1. The highest BCUT2D eigenvalue weighted by Gasteiger charge is 2.31. The fourth-order valence-electron chi connectivity index (χ4n) is 3.83. The number of benzene rings is 3. The minimum atomic E-state index is -4.74. The molecule has 0 bridgehead atoms. The van der Waals surface area contributed by atoms with Crippen molar-refractivity contribution in [2.75, 3.05) is 12.4 Å². The first kappa shape index (κ1) is 26.0. The quantitative estimate of drug-likeness (QED) is 0.273. The molecule has 0 saturated carbocycles. The molecular formula is C26H24F3N5O2S. The van der Waals surface area contributed by atoms with Crippen LogP contribution < -0.4 is 20.5 Å². The fraction of sp³-hybridized carbons (Fsp3) is 0.192. The van der Waals surface area contributed by atoms with Crippen LogP contribution in [0.2, 0.25) is 0 Å². The Labute approximate surface area is 217 Å². The number of hydrogen-bond donors (Lipinski definition) is 2. The average molecular weight is 528 g/mol. The van der Waals surface area contributed by atoms with Crippen molar-refractivity contribution in [3.63, 3.8) is 0 Å². The predicted molar refractivity (Wildman–Crippen MR) is 140 cm³/mol. The summed E-state index contributed by atoms with van der Waals surface area (Å²) in [5.41, 5.74) is 10.7. The number of halogens is 3. The van der Waals surface area contributed by atoms with E-state index in [-0.39, 0.29) is 16.8 Å². The Kier molecular flexibility index (Phi) is 7.35. The van der Waals surface area contributed by atoms with E-state index in [1.807, 2.05) is 30.3 Å². The van der Waals surface area contributed by atoms with Gasteiger partial charge in [-0.2, -0.15) is 0 Å². The second kappa shape index (κ2) is 10.5. The third-order valence-electron chi connectivity index (χ3n) is 5.53. The van der Waals surface area contributed by atoms with Gasteiger partial charge in [0.25, 0.3) is 0 Å². The van der Waals surface area contributed by atoms with Crippen LogP contribution in [0.1, 0.15) is 25.3 Å². The molecule has 11 heteroatoms. The number of rotatable bonds is 7. The molecule has 0 spiro atoms. The fourth-order valence-corrected chi connectivity index (χ4v) is 3.94. The van der Waals surface area contributed by atoms with Crippen LogP contribution in [0.5, 0.6) is 11.5 Å². The SMILES string of the molecule is COc1cc(NC(N)=S)c(C(C)C)cc1-c1ccc(-c2ncn(-c3ccc(OC(F)(F)F)cc3)n2)cc1. The summed E-state index contributed by atoms with van der Waals surface area (Å²) in [5, 5.41) is 7.65. The van der Waals surface area contributed by atoms with Gasteiger partial charge >= 0.3 is 6.36 Å². The summed E-state index contributed by atoms with van der Waals surface area (Å²) in [6, 6.07) is 17.0. The molecule has 4 aromatic rings. The zero-order valence-electron chi connectivity index (χ0n) is 20.2. The summed E-state index contributed by atoms with van der Waals surface area (Å²) in [6.45, 7) is 4.16. The smallest absolute Gasteiger partial charge is 0.496 e. The minimum absolute atomic E-state index is 0.179. The van der Waals surface area contributed by atoms with E-state index < -0.39 is 6.36 Å². The van der Waals surface area contributed by atoms with E-state index in [4.69, 9.17) is 22.7 Å². The first-order valence-corrected chi connectivity index (χ1v) is 11.6. The number of ether oxygens (including phenoxy) is 2. The summed E-state index contributed by atoms with van der Waals surface area (Å²) >= 11 is 5.01. The van der Waals surface area contributed by atoms with Crippen molar-refractivity contribution in [3.05, 3.63) is 72.6 Å². The van der Waals surface area contributed by atoms with Crippen molar-refractivity contribution in [1.82, 2.24) is 14.8 Å². The Balaban J connectivity index is 1.59.